The van der Waals surface area contributed by atoms with Gasteiger partial charge < -0.3 is 4.90 Å². The van der Waals surface area contributed by atoms with E-state index in [1.54, 1.807) is 6.07 Å². The van der Waals surface area contributed by atoms with Crippen molar-refractivity contribution in [3.8, 4) is 6.07 Å². The second-order valence-electron chi connectivity index (χ2n) is 8.30. The topological polar surface area (TPSA) is 27.0 Å². The van der Waals surface area contributed by atoms with Crippen molar-refractivity contribution in [2.24, 2.45) is 5.92 Å². The van der Waals surface area contributed by atoms with Crippen molar-refractivity contribution in [3.63, 3.8) is 0 Å². The van der Waals surface area contributed by atoms with E-state index in [4.69, 9.17) is 0 Å². The molecule has 0 aliphatic heterocycles. The molecule has 2 aromatic rings. The Morgan fingerprint density at radius 2 is 1.79 bits per heavy atom. The van der Waals surface area contributed by atoms with Crippen LogP contribution in [-0.2, 0) is 11.8 Å². The molecule has 0 bridgehead atoms. The van der Waals surface area contributed by atoms with Gasteiger partial charge in [0.25, 0.3) is 0 Å². The molecule has 1 aliphatic rings. The molecule has 0 heterocycles. The van der Waals surface area contributed by atoms with Crippen LogP contribution in [0.15, 0.2) is 54.6 Å². The summed E-state index contributed by atoms with van der Waals surface area (Å²) in [5.74, 6) is 0.0618. The SMILES string of the molecule is CCC(CCC(C#N)(c1ccccc1F)C1CC1)N(CC)CCc1ccccc1. The first-order valence-electron chi connectivity index (χ1n) is 11.1. The van der Waals surface area contributed by atoms with E-state index < -0.39 is 5.41 Å². The molecule has 2 aromatic carbocycles. The minimum atomic E-state index is -0.683. The quantitative estimate of drug-likeness (QED) is 0.460. The number of nitriles is 1. The number of likely N-dealkylation sites (N-methyl/N-ethyl adjacent to an activating group) is 1. The molecule has 0 spiro atoms. The summed E-state index contributed by atoms with van der Waals surface area (Å²) in [6.07, 6.45) is 5.80. The molecular formula is C26H33FN2. The van der Waals surface area contributed by atoms with Crippen LogP contribution >= 0.6 is 0 Å². The molecule has 29 heavy (non-hydrogen) atoms. The number of rotatable bonds is 11. The average Bonchev–Trinajstić information content (AvgIpc) is 3.60. The summed E-state index contributed by atoms with van der Waals surface area (Å²) in [4.78, 5) is 2.53. The number of hydrogen-bond donors (Lipinski definition) is 0. The molecule has 2 nitrogen and oxygen atoms in total. The summed E-state index contributed by atoms with van der Waals surface area (Å²) in [5.41, 5.74) is 1.28. The maximum absolute atomic E-state index is 14.6. The van der Waals surface area contributed by atoms with E-state index in [1.165, 1.54) is 11.6 Å². The highest BCUT2D eigenvalue weighted by Crippen LogP contribution is 2.50. The van der Waals surface area contributed by atoms with Crippen LogP contribution < -0.4 is 0 Å². The third-order valence-corrected chi connectivity index (χ3v) is 6.62. The van der Waals surface area contributed by atoms with Gasteiger partial charge in [-0.3, -0.25) is 0 Å². The maximum Gasteiger partial charge on any atom is 0.128 e. The highest BCUT2D eigenvalue weighted by molar-refractivity contribution is 5.36. The first-order valence-corrected chi connectivity index (χ1v) is 11.1. The van der Waals surface area contributed by atoms with Crippen LogP contribution in [-0.4, -0.2) is 24.0 Å². The van der Waals surface area contributed by atoms with Crippen molar-refractivity contribution in [2.45, 2.75) is 63.8 Å². The zero-order valence-corrected chi connectivity index (χ0v) is 17.8. The maximum atomic E-state index is 14.6. The van der Waals surface area contributed by atoms with Gasteiger partial charge in [-0.15, -0.1) is 0 Å². The van der Waals surface area contributed by atoms with Gasteiger partial charge in [0.1, 0.15) is 5.82 Å². The van der Waals surface area contributed by atoms with Crippen LogP contribution in [0.3, 0.4) is 0 Å². The van der Waals surface area contributed by atoms with Crippen molar-refractivity contribution in [3.05, 3.63) is 71.5 Å². The van der Waals surface area contributed by atoms with E-state index in [9.17, 15) is 9.65 Å². The lowest BCUT2D eigenvalue weighted by molar-refractivity contribution is 0.180. The van der Waals surface area contributed by atoms with Crippen LogP contribution in [0.2, 0.25) is 0 Å². The molecule has 2 unspecified atom stereocenters. The van der Waals surface area contributed by atoms with Crippen LogP contribution in [0.25, 0.3) is 0 Å². The summed E-state index contributed by atoms with van der Waals surface area (Å²) in [5, 5.41) is 10.2. The van der Waals surface area contributed by atoms with E-state index >= 15 is 0 Å². The Labute approximate surface area is 175 Å². The standard InChI is InChI=1S/C26H33FN2/c1-3-23(29(4-2)19-17-21-10-6-5-7-11-21)16-18-26(20-28,22-14-15-22)24-12-8-9-13-25(24)27/h5-13,22-23H,3-4,14-19H2,1-2H3. The zero-order chi connectivity index (χ0) is 20.7. The predicted octanol–water partition coefficient (Wildman–Crippen LogP) is 6.12. The fourth-order valence-corrected chi connectivity index (χ4v) is 4.72. The molecule has 1 fully saturated rings. The number of halogens is 1. The Kier molecular flexibility index (Phi) is 7.45. The molecule has 0 saturated heterocycles. The Hall–Kier alpha value is -2.18. The molecule has 1 saturated carbocycles. The van der Waals surface area contributed by atoms with Gasteiger partial charge in [0.2, 0.25) is 0 Å². The van der Waals surface area contributed by atoms with Gasteiger partial charge in [0.05, 0.1) is 11.5 Å². The Bertz CT molecular complexity index is 809. The van der Waals surface area contributed by atoms with Crippen LogP contribution in [0.1, 0.15) is 57.1 Å². The lowest BCUT2D eigenvalue weighted by Crippen LogP contribution is -2.38. The monoisotopic (exact) mass is 392 g/mol. The van der Waals surface area contributed by atoms with Gasteiger partial charge in [-0.05, 0) is 62.6 Å². The molecule has 0 radical (unpaired) electrons. The fourth-order valence-electron chi connectivity index (χ4n) is 4.72. The van der Waals surface area contributed by atoms with Gasteiger partial charge in [0, 0.05) is 18.2 Å². The van der Waals surface area contributed by atoms with Crippen molar-refractivity contribution in [1.82, 2.24) is 4.90 Å². The highest BCUT2D eigenvalue weighted by Gasteiger charge is 2.48. The first-order chi connectivity index (χ1) is 14.1. The fraction of sp³-hybridized carbons (Fsp3) is 0.500. The van der Waals surface area contributed by atoms with Crippen LogP contribution in [0.4, 0.5) is 4.39 Å². The number of benzene rings is 2. The van der Waals surface area contributed by atoms with Crippen molar-refractivity contribution in [1.29, 1.82) is 5.26 Å². The summed E-state index contributed by atoms with van der Waals surface area (Å²) < 4.78 is 14.6. The van der Waals surface area contributed by atoms with Gasteiger partial charge in [-0.2, -0.15) is 5.26 Å². The van der Waals surface area contributed by atoms with E-state index in [0.717, 1.165) is 51.6 Å². The Morgan fingerprint density at radius 3 is 2.38 bits per heavy atom. The lowest BCUT2D eigenvalue weighted by atomic mass is 9.72. The third kappa shape index (κ3) is 5.06. The minimum Gasteiger partial charge on any atom is -0.300 e. The molecule has 3 rings (SSSR count). The number of nitrogens with zero attached hydrogens (tertiary/aromatic N) is 2. The molecule has 0 N–H and O–H groups in total. The summed E-state index contributed by atoms with van der Waals surface area (Å²) in [6.45, 7) is 6.45. The lowest BCUT2D eigenvalue weighted by Gasteiger charge is -2.34. The summed E-state index contributed by atoms with van der Waals surface area (Å²) in [6, 6.07) is 20.5. The molecule has 3 heteroatoms. The largest absolute Gasteiger partial charge is 0.300 e. The van der Waals surface area contributed by atoms with Crippen molar-refractivity contribution < 1.29 is 4.39 Å². The zero-order valence-electron chi connectivity index (χ0n) is 17.8. The predicted molar refractivity (Wildman–Crippen MR) is 117 cm³/mol. The normalized spacial score (nSPS) is 16.9. The van der Waals surface area contributed by atoms with Crippen LogP contribution in [0.5, 0.6) is 0 Å². The second-order valence-corrected chi connectivity index (χ2v) is 8.30. The Morgan fingerprint density at radius 1 is 1.10 bits per heavy atom. The minimum absolute atomic E-state index is 0.231. The number of hydrogen-bond acceptors (Lipinski definition) is 2. The first kappa shape index (κ1) is 21.5. The molecule has 154 valence electrons. The van der Waals surface area contributed by atoms with E-state index in [-0.39, 0.29) is 5.82 Å². The van der Waals surface area contributed by atoms with E-state index in [1.807, 2.05) is 12.1 Å². The van der Waals surface area contributed by atoms with Crippen molar-refractivity contribution >= 4 is 0 Å². The van der Waals surface area contributed by atoms with Gasteiger partial charge in [-0.25, -0.2) is 4.39 Å². The molecule has 0 aromatic heterocycles. The summed E-state index contributed by atoms with van der Waals surface area (Å²) >= 11 is 0. The highest BCUT2D eigenvalue weighted by atomic mass is 19.1. The second kappa shape index (κ2) is 10.0. The average molecular weight is 393 g/mol. The Balaban J connectivity index is 1.71. The molecular weight excluding hydrogens is 359 g/mol. The molecule has 2 atom stereocenters. The molecule has 0 amide bonds. The molecule has 1 aliphatic carbocycles. The van der Waals surface area contributed by atoms with Crippen molar-refractivity contribution in [2.75, 3.05) is 13.1 Å². The van der Waals surface area contributed by atoms with Crippen LogP contribution in [0, 0.1) is 23.1 Å². The van der Waals surface area contributed by atoms with E-state index in [0.29, 0.717) is 17.5 Å². The van der Waals surface area contributed by atoms with Gasteiger partial charge in [0.15, 0.2) is 0 Å². The van der Waals surface area contributed by atoms with Gasteiger partial charge >= 0.3 is 0 Å². The van der Waals surface area contributed by atoms with Gasteiger partial charge in [-0.1, -0.05) is 62.4 Å². The summed E-state index contributed by atoms with van der Waals surface area (Å²) in [7, 11) is 0. The van der Waals surface area contributed by atoms with E-state index in [2.05, 4.69) is 55.1 Å². The third-order valence-electron chi connectivity index (χ3n) is 6.62. The smallest absolute Gasteiger partial charge is 0.128 e.